The maximum Gasteiger partial charge on any atom is 0.228 e. The summed E-state index contributed by atoms with van der Waals surface area (Å²) in [5.41, 5.74) is 5.48. The Morgan fingerprint density at radius 1 is 1.35 bits per heavy atom. The predicted octanol–water partition coefficient (Wildman–Crippen LogP) is 1.32. The highest BCUT2D eigenvalue weighted by atomic mass is 35.5. The Bertz CT molecular complexity index is 359. The first-order valence-electron chi connectivity index (χ1n) is 5.35. The number of nitrogens with one attached hydrogen (secondary N) is 1. The van der Waals surface area contributed by atoms with E-state index >= 15 is 0 Å². The molecule has 0 aliphatic carbocycles. The second kappa shape index (κ2) is 5.46. The van der Waals surface area contributed by atoms with Crippen LogP contribution in [0.1, 0.15) is 27.2 Å². The fraction of sp³-hybridized carbons (Fsp3) is 0.700. The topological polar surface area (TPSA) is 97.0 Å². The molecule has 1 atom stereocenters. The number of aliphatic hydroxyl groups is 1. The summed E-state index contributed by atoms with van der Waals surface area (Å²) >= 11 is 5.63. The van der Waals surface area contributed by atoms with Crippen LogP contribution in [0.5, 0.6) is 0 Å². The van der Waals surface area contributed by atoms with E-state index in [0.717, 1.165) is 0 Å². The van der Waals surface area contributed by atoms with E-state index in [1.54, 1.807) is 0 Å². The first-order chi connectivity index (χ1) is 7.76. The van der Waals surface area contributed by atoms with Crippen LogP contribution in [0.25, 0.3) is 0 Å². The molecule has 0 aromatic carbocycles. The van der Waals surface area contributed by atoms with Crippen molar-refractivity contribution in [3.05, 3.63) is 5.28 Å². The number of rotatable bonds is 4. The Balaban J connectivity index is 2.50. The molecular weight excluding hydrogens is 242 g/mol. The number of nitrogens with zero attached hydrogens (tertiary/aromatic N) is 3. The summed E-state index contributed by atoms with van der Waals surface area (Å²) in [6.45, 7) is 6.53. The lowest BCUT2D eigenvalue weighted by molar-refractivity contribution is 0.132. The molecule has 1 heterocycles. The predicted molar refractivity (Wildman–Crippen MR) is 67.8 cm³/mol. The van der Waals surface area contributed by atoms with Crippen molar-refractivity contribution < 1.29 is 5.11 Å². The number of aliphatic hydroxyl groups excluding tert-OH is 1. The van der Waals surface area contributed by atoms with Gasteiger partial charge >= 0.3 is 0 Å². The number of nitrogen functional groups attached to an aromatic ring is 1. The van der Waals surface area contributed by atoms with Crippen molar-refractivity contribution in [3.63, 3.8) is 0 Å². The lowest BCUT2D eigenvalue weighted by Gasteiger charge is -2.22. The molecule has 1 rings (SSSR count). The molecule has 0 spiro atoms. The third-order valence-corrected chi connectivity index (χ3v) is 2.14. The van der Waals surface area contributed by atoms with Crippen molar-refractivity contribution in [3.8, 4) is 0 Å². The minimum absolute atomic E-state index is 0.0327. The fourth-order valence-corrected chi connectivity index (χ4v) is 1.60. The largest absolute Gasteiger partial charge is 0.391 e. The first-order valence-corrected chi connectivity index (χ1v) is 5.73. The molecule has 1 unspecified atom stereocenters. The number of halogens is 1. The van der Waals surface area contributed by atoms with Crippen LogP contribution in [-0.2, 0) is 0 Å². The van der Waals surface area contributed by atoms with Crippen molar-refractivity contribution in [1.29, 1.82) is 0 Å². The Hall–Kier alpha value is -1.14. The van der Waals surface area contributed by atoms with Crippen LogP contribution in [0.2, 0.25) is 5.28 Å². The third-order valence-electron chi connectivity index (χ3n) is 1.97. The zero-order valence-corrected chi connectivity index (χ0v) is 11.0. The molecule has 1 aromatic rings. The van der Waals surface area contributed by atoms with Crippen LogP contribution < -0.4 is 11.1 Å². The van der Waals surface area contributed by atoms with E-state index in [9.17, 15) is 5.11 Å². The number of nitrogens with two attached hydrogens (primary N) is 1. The highest BCUT2D eigenvalue weighted by Crippen LogP contribution is 2.20. The summed E-state index contributed by atoms with van der Waals surface area (Å²) in [6.07, 6.45) is 0.195. The van der Waals surface area contributed by atoms with Gasteiger partial charge in [0.2, 0.25) is 17.2 Å². The zero-order chi connectivity index (χ0) is 13.1. The van der Waals surface area contributed by atoms with Crippen molar-refractivity contribution in [2.24, 2.45) is 5.41 Å². The van der Waals surface area contributed by atoms with E-state index in [1.807, 2.05) is 0 Å². The summed E-state index contributed by atoms with van der Waals surface area (Å²) < 4.78 is 0. The van der Waals surface area contributed by atoms with Gasteiger partial charge < -0.3 is 16.2 Å². The SMILES string of the molecule is CC(C)(C)CC(O)CNc1nc(N)nc(Cl)n1. The molecule has 0 bridgehead atoms. The van der Waals surface area contributed by atoms with Gasteiger partial charge in [-0.3, -0.25) is 0 Å². The summed E-state index contributed by atoms with van der Waals surface area (Å²) in [6, 6.07) is 0. The number of hydrogen-bond donors (Lipinski definition) is 3. The highest BCUT2D eigenvalue weighted by Gasteiger charge is 2.16. The van der Waals surface area contributed by atoms with Crippen LogP contribution in [0.15, 0.2) is 0 Å². The third kappa shape index (κ3) is 5.65. The minimum atomic E-state index is -0.480. The minimum Gasteiger partial charge on any atom is -0.391 e. The van der Waals surface area contributed by atoms with E-state index in [2.05, 4.69) is 41.0 Å². The van der Waals surface area contributed by atoms with Crippen molar-refractivity contribution >= 4 is 23.5 Å². The Morgan fingerprint density at radius 3 is 2.53 bits per heavy atom. The van der Waals surface area contributed by atoms with Gasteiger partial charge in [0.25, 0.3) is 0 Å². The first kappa shape index (κ1) is 13.9. The summed E-state index contributed by atoms with van der Waals surface area (Å²) in [5, 5.41) is 12.7. The lowest BCUT2D eigenvalue weighted by Crippen LogP contribution is -2.25. The lowest BCUT2D eigenvalue weighted by atomic mass is 9.89. The van der Waals surface area contributed by atoms with Crippen LogP contribution in [-0.4, -0.2) is 32.7 Å². The second-order valence-corrected chi connectivity index (χ2v) is 5.42. The van der Waals surface area contributed by atoms with Gasteiger partial charge in [-0.05, 0) is 23.4 Å². The Labute approximate surface area is 106 Å². The normalized spacial score (nSPS) is 13.5. The van der Waals surface area contributed by atoms with Gasteiger partial charge in [-0.2, -0.15) is 15.0 Å². The van der Waals surface area contributed by atoms with Crippen molar-refractivity contribution in [2.75, 3.05) is 17.6 Å². The van der Waals surface area contributed by atoms with Gasteiger partial charge in [-0.15, -0.1) is 0 Å². The van der Waals surface area contributed by atoms with Gasteiger partial charge in [0, 0.05) is 6.54 Å². The highest BCUT2D eigenvalue weighted by molar-refractivity contribution is 6.28. The van der Waals surface area contributed by atoms with E-state index in [0.29, 0.717) is 13.0 Å². The van der Waals surface area contributed by atoms with E-state index < -0.39 is 6.10 Å². The van der Waals surface area contributed by atoms with Crippen LogP contribution >= 0.6 is 11.6 Å². The summed E-state index contributed by atoms with van der Waals surface area (Å²) in [7, 11) is 0. The van der Waals surface area contributed by atoms with Gasteiger partial charge in [-0.1, -0.05) is 20.8 Å². The molecule has 0 fully saturated rings. The molecular formula is C10H18ClN5O. The van der Waals surface area contributed by atoms with Gasteiger partial charge in [0.1, 0.15) is 0 Å². The Kier molecular flexibility index (Phi) is 4.47. The average molecular weight is 260 g/mol. The molecule has 4 N–H and O–H groups in total. The van der Waals surface area contributed by atoms with Gasteiger partial charge in [-0.25, -0.2) is 0 Å². The maximum atomic E-state index is 9.79. The number of anilines is 2. The van der Waals surface area contributed by atoms with E-state index in [4.69, 9.17) is 17.3 Å². The number of aromatic nitrogens is 3. The molecule has 0 saturated carbocycles. The van der Waals surface area contributed by atoms with Crippen LogP contribution in [0.4, 0.5) is 11.9 Å². The zero-order valence-electron chi connectivity index (χ0n) is 10.2. The molecule has 96 valence electrons. The monoisotopic (exact) mass is 259 g/mol. The maximum absolute atomic E-state index is 9.79. The molecule has 0 radical (unpaired) electrons. The molecule has 0 aliphatic rings. The smallest absolute Gasteiger partial charge is 0.228 e. The van der Waals surface area contributed by atoms with E-state index in [1.165, 1.54) is 0 Å². The second-order valence-electron chi connectivity index (χ2n) is 5.09. The Morgan fingerprint density at radius 2 is 2.00 bits per heavy atom. The molecule has 0 aliphatic heterocycles. The molecule has 6 nitrogen and oxygen atoms in total. The van der Waals surface area contributed by atoms with Crippen LogP contribution in [0, 0.1) is 5.41 Å². The molecule has 17 heavy (non-hydrogen) atoms. The molecule has 0 amide bonds. The van der Waals surface area contributed by atoms with E-state index in [-0.39, 0.29) is 22.6 Å². The standard InChI is InChI=1S/C10H18ClN5O/c1-10(2,3)4-6(17)5-13-9-15-7(11)14-8(12)16-9/h6,17H,4-5H2,1-3H3,(H3,12,13,14,15,16). The van der Waals surface area contributed by atoms with Crippen LogP contribution in [0.3, 0.4) is 0 Å². The molecule has 7 heteroatoms. The fourth-order valence-electron chi connectivity index (χ4n) is 1.43. The quantitative estimate of drug-likeness (QED) is 0.755. The molecule has 0 saturated heterocycles. The summed E-state index contributed by atoms with van der Waals surface area (Å²) in [4.78, 5) is 11.3. The van der Waals surface area contributed by atoms with Gasteiger partial charge in [0.15, 0.2) is 0 Å². The molecule has 1 aromatic heterocycles. The number of hydrogen-bond acceptors (Lipinski definition) is 6. The van der Waals surface area contributed by atoms with Gasteiger partial charge in [0.05, 0.1) is 6.10 Å². The van der Waals surface area contributed by atoms with Crippen molar-refractivity contribution in [2.45, 2.75) is 33.3 Å². The summed E-state index contributed by atoms with van der Waals surface area (Å²) in [5.74, 6) is 0.327. The average Bonchev–Trinajstić information content (AvgIpc) is 2.10. The van der Waals surface area contributed by atoms with Crippen molar-refractivity contribution in [1.82, 2.24) is 15.0 Å².